The van der Waals surface area contributed by atoms with E-state index in [0.717, 1.165) is 0 Å². The number of primary amides is 1. The van der Waals surface area contributed by atoms with E-state index in [-0.39, 0.29) is 31.0 Å². The third-order valence-corrected chi connectivity index (χ3v) is 1.23. The van der Waals surface area contributed by atoms with Gasteiger partial charge in [-0.3, -0.25) is 4.79 Å². The molecule has 0 aliphatic rings. The van der Waals surface area contributed by atoms with Gasteiger partial charge in [0.05, 0.1) is 5.56 Å². The molecule has 1 aromatic rings. The SMILES string of the molecule is NC(=O)c1ccccc1N.[H-].[Na+]. The van der Waals surface area contributed by atoms with Crippen LogP contribution >= 0.6 is 0 Å². The molecular formula is C7H9N2NaO. The molecule has 0 bridgehead atoms. The molecule has 0 aliphatic carbocycles. The van der Waals surface area contributed by atoms with Crippen molar-refractivity contribution in [3.05, 3.63) is 29.8 Å². The van der Waals surface area contributed by atoms with E-state index in [2.05, 4.69) is 0 Å². The first-order chi connectivity index (χ1) is 4.72. The molecule has 54 valence electrons. The van der Waals surface area contributed by atoms with E-state index in [1.807, 2.05) is 0 Å². The third kappa shape index (κ3) is 2.54. The van der Waals surface area contributed by atoms with E-state index >= 15 is 0 Å². The minimum atomic E-state index is -0.488. The Bertz CT molecular complexity index is 267. The molecule has 0 spiro atoms. The summed E-state index contributed by atoms with van der Waals surface area (Å²) in [5, 5.41) is 0. The maximum absolute atomic E-state index is 10.6. The molecule has 11 heavy (non-hydrogen) atoms. The molecule has 1 amide bonds. The Morgan fingerprint density at radius 1 is 1.36 bits per heavy atom. The molecule has 1 aromatic carbocycles. The van der Waals surface area contributed by atoms with Gasteiger partial charge in [0.2, 0.25) is 0 Å². The van der Waals surface area contributed by atoms with Crippen LogP contribution in [0.1, 0.15) is 11.8 Å². The summed E-state index contributed by atoms with van der Waals surface area (Å²) in [5.74, 6) is -0.488. The summed E-state index contributed by atoms with van der Waals surface area (Å²) in [6, 6.07) is 6.70. The number of rotatable bonds is 1. The Morgan fingerprint density at radius 3 is 2.27 bits per heavy atom. The van der Waals surface area contributed by atoms with Gasteiger partial charge in [0, 0.05) is 5.69 Å². The van der Waals surface area contributed by atoms with Crippen molar-refractivity contribution in [1.29, 1.82) is 0 Å². The molecular weight excluding hydrogens is 151 g/mol. The molecule has 0 aromatic heterocycles. The number of hydrogen-bond donors (Lipinski definition) is 2. The normalized spacial score (nSPS) is 8.36. The van der Waals surface area contributed by atoms with Crippen molar-refractivity contribution in [2.75, 3.05) is 5.73 Å². The second kappa shape index (κ2) is 4.38. The molecule has 0 fully saturated rings. The largest absolute Gasteiger partial charge is 1.00 e. The van der Waals surface area contributed by atoms with Crippen LogP contribution < -0.4 is 41.0 Å². The number of nitrogen functional groups attached to an aromatic ring is 1. The van der Waals surface area contributed by atoms with Crippen LogP contribution in [0.2, 0.25) is 0 Å². The average molecular weight is 160 g/mol. The first-order valence-corrected chi connectivity index (χ1v) is 2.86. The standard InChI is InChI=1S/C7H8N2O.Na.H/c8-6-4-2-1-3-5(6)7(9)10;;/h1-4H,8H2,(H2,9,10);;/q;+1;-1. The minimum Gasteiger partial charge on any atom is -1.00 e. The molecule has 0 aliphatic heterocycles. The monoisotopic (exact) mass is 160 g/mol. The summed E-state index contributed by atoms with van der Waals surface area (Å²) in [4.78, 5) is 10.6. The van der Waals surface area contributed by atoms with E-state index < -0.39 is 5.91 Å². The van der Waals surface area contributed by atoms with Crippen molar-refractivity contribution in [1.82, 2.24) is 0 Å². The Hall–Kier alpha value is -0.510. The van der Waals surface area contributed by atoms with E-state index in [4.69, 9.17) is 11.5 Å². The third-order valence-electron chi connectivity index (χ3n) is 1.23. The Morgan fingerprint density at radius 2 is 1.91 bits per heavy atom. The fourth-order valence-corrected chi connectivity index (χ4v) is 0.721. The molecule has 0 heterocycles. The molecule has 0 saturated carbocycles. The molecule has 0 unspecified atom stereocenters. The smallest absolute Gasteiger partial charge is 1.00 e. The Labute approximate surface area is 88.5 Å². The van der Waals surface area contributed by atoms with Crippen LogP contribution in [0.5, 0.6) is 0 Å². The first kappa shape index (κ1) is 10.5. The van der Waals surface area contributed by atoms with Crippen molar-refractivity contribution in [2.24, 2.45) is 5.73 Å². The molecule has 4 N–H and O–H groups in total. The van der Waals surface area contributed by atoms with Gasteiger partial charge in [0.1, 0.15) is 0 Å². The summed E-state index contributed by atoms with van der Waals surface area (Å²) in [6.45, 7) is 0. The zero-order valence-electron chi connectivity index (χ0n) is 7.37. The maximum atomic E-state index is 10.6. The quantitative estimate of drug-likeness (QED) is 0.352. The fraction of sp³-hybridized carbons (Fsp3) is 0. The number of carbonyl (C=O) groups excluding carboxylic acids is 1. The zero-order valence-corrected chi connectivity index (χ0v) is 8.37. The number of nitrogens with two attached hydrogens (primary N) is 2. The molecule has 4 heteroatoms. The van der Waals surface area contributed by atoms with Crippen LogP contribution in [0, 0.1) is 0 Å². The minimum absolute atomic E-state index is 0. The topological polar surface area (TPSA) is 69.1 Å². The van der Waals surface area contributed by atoms with Gasteiger partial charge in [0.25, 0.3) is 5.91 Å². The van der Waals surface area contributed by atoms with Crippen LogP contribution in [0.15, 0.2) is 24.3 Å². The van der Waals surface area contributed by atoms with Crippen molar-refractivity contribution in [3.8, 4) is 0 Å². The van der Waals surface area contributed by atoms with Crippen LogP contribution in [0.4, 0.5) is 5.69 Å². The van der Waals surface area contributed by atoms with Crippen LogP contribution in [-0.2, 0) is 0 Å². The second-order valence-electron chi connectivity index (χ2n) is 1.95. The molecule has 3 nitrogen and oxygen atoms in total. The van der Waals surface area contributed by atoms with E-state index in [0.29, 0.717) is 11.3 Å². The number of hydrogen-bond acceptors (Lipinski definition) is 2. The predicted molar refractivity (Wildman–Crippen MR) is 40.5 cm³/mol. The number of carbonyl (C=O) groups is 1. The average Bonchev–Trinajstić information content (AvgIpc) is 1.88. The van der Waals surface area contributed by atoms with Crippen molar-refractivity contribution >= 4 is 11.6 Å². The van der Waals surface area contributed by atoms with Gasteiger partial charge >= 0.3 is 29.6 Å². The predicted octanol–water partition coefficient (Wildman–Crippen LogP) is -2.52. The summed E-state index contributed by atoms with van der Waals surface area (Å²) < 4.78 is 0. The van der Waals surface area contributed by atoms with Gasteiger partial charge < -0.3 is 12.9 Å². The van der Waals surface area contributed by atoms with Gasteiger partial charge in [-0.1, -0.05) is 12.1 Å². The van der Waals surface area contributed by atoms with Crippen molar-refractivity contribution in [2.45, 2.75) is 0 Å². The number of amides is 1. The Balaban J connectivity index is 0. The van der Waals surface area contributed by atoms with Gasteiger partial charge in [-0.2, -0.15) is 0 Å². The van der Waals surface area contributed by atoms with E-state index in [1.54, 1.807) is 24.3 Å². The van der Waals surface area contributed by atoms with Crippen LogP contribution in [0.25, 0.3) is 0 Å². The summed E-state index contributed by atoms with van der Waals surface area (Å²) >= 11 is 0. The zero-order chi connectivity index (χ0) is 7.56. The van der Waals surface area contributed by atoms with Gasteiger partial charge in [-0.05, 0) is 12.1 Å². The van der Waals surface area contributed by atoms with Crippen molar-refractivity contribution < 1.29 is 35.8 Å². The second-order valence-corrected chi connectivity index (χ2v) is 1.95. The number of anilines is 1. The van der Waals surface area contributed by atoms with E-state index in [1.165, 1.54) is 0 Å². The molecule has 1 rings (SSSR count). The van der Waals surface area contributed by atoms with Crippen molar-refractivity contribution in [3.63, 3.8) is 0 Å². The number of benzene rings is 1. The number of para-hydroxylation sites is 1. The van der Waals surface area contributed by atoms with Gasteiger partial charge in [0.15, 0.2) is 0 Å². The van der Waals surface area contributed by atoms with Crippen LogP contribution in [0.3, 0.4) is 0 Å². The first-order valence-electron chi connectivity index (χ1n) is 2.86. The Kier molecular flexibility index (Phi) is 4.18. The fourth-order valence-electron chi connectivity index (χ4n) is 0.721. The summed E-state index contributed by atoms with van der Waals surface area (Å²) in [5.41, 5.74) is 11.2. The molecule has 0 atom stereocenters. The van der Waals surface area contributed by atoms with Crippen LogP contribution in [-0.4, -0.2) is 5.91 Å². The maximum Gasteiger partial charge on any atom is 1.00 e. The van der Waals surface area contributed by atoms with Gasteiger partial charge in [-0.15, -0.1) is 0 Å². The summed E-state index contributed by atoms with van der Waals surface area (Å²) in [7, 11) is 0. The van der Waals surface area contributed by atoms with E-state index in [9.17, 15) is 4.79 Å². The summed E-state index contributed by atoms with van der Waals surface area (Å²) in [6.07, 6.45) is 0. The van der Waals surface area contributed by atoms with Gasteiger partial charge in [-0.25, -0.2) is 0 Å². The molecule has 0 saturated heterocycles. The molecule has 0 radical (unpaired) electrons.